The van der Waals surface area contributed by atoms with E-state index < -0.39 is 52.0 Å². The van der Waals surface area contributed by atoms with E-state index in [0.29, 0.717) is 47.7 Å². The van der Waals surface area contributed by atoms with Gasteiger partial charge in [0.05, 0.1) is 41.9 Å². The fourth-order valence-electron chi connectivity index (χ4n) is 4.60. The smallest absolute Gasteiger partial charge is 0.350 e. The van der Waals surface area contributed by atoms with Gasteiger partial charge in [-0.2, -0.15) is 13.2 Å². The molecule has 0 radical (unpaired) electrons. The predicted octanol–water partition coefficient (Wildman–Crippen LogP) is 5.40. The lowest BCUT2D eigenvalue weighted by Gasteiger charge is -2.37. The number of sulfonamides is 1. The van der Waals surface area contributed by atoms with E-state index >= 15 is 0 Å². The van der Waals surface area contributed by atoms with Crippen molar-refractivity contribution in [3.05, 3.63) is 41.8 Å². The number of nitrogens with zero attached hydrogens (tertiary/aromatic N) is 3. The second-order valence-corrected chi connectivity index (χ2v) is 12.6. The number of aromatic nitrogens is 3. The Morgan fingerprint density at radius 2 is 1.95 bits per heavy atom. The molecule has 1 aliphatic rings. The summed E-state index contributed by atoms with van der Waals surface area (Å²) in [6, 6.07) is 5.33. The van der Waals surface area contributed by atoms with E-state index in [1.54, 1.807) is 12.3 Å². The lowest BCUT2D eigenvalue weighted by Crippen LogP contribution is -2.49. The van der Waals surface area contributed by atoms with Crippen molar-refractivity contribution in [3.63, 3.8) is 0 Å². The van der Waals surface area contributed by atoms with Gasteiger partial charge in [0.1, 0.15) is 11.3 Å². The minimum atomic E-state index is -4.66. The number of fused-ring (bicyclic) bond motifs is 1. The molecular formula is C26H31F5N6O2S. The number of rotatable bonds is 9. The lowest BCUT2D eigenvalue weighted by atomic mass is 9.82. The highest BCUT2D eigenvalue weighted by molar-refractivity contribution is 7.92. The first-order chi connectivity index (χ1) is 18.7. The average Bonchev–Trinajstić information content (AvgIpc) is 2.87. The Hall–Kier alpha value is -3.13. The van der Waals surface area contributed by atoms with E-state index in [-0.39, 0.29) is 12.0 Å². The van der Waals surface area contributed by atoms with Gasteiger partial charge in [-0.25, -0.2) is 27.8 Å². The summed E-state index contributed by atoms with van der Waals surface area (Å²) in [6.45, 7) is 6.61. The zero-order valence-corrected chi connectivity index (χ0v) is 23.1. The SMILES string of the molecule is CC(C)c1cc(-c2ccc(NS(=O)(=O)CCC(F)(F)F)c(F)c2)nc2cnc(N[C@@H]3CNC[C@](C)(CF)C3)nc12. The molecule has 1 saturated heterocycles. The summed E-state index contributed by atoms with van der Waals surface area (Å²) in [5.74, 6) is -1.79. The molecule has 3 aromatic rings. The highest BCUT2D eigenvalue weighted by Gasteiger charge is 2.33. The molecule has 1 aliphatic heterocycles. The van der Waals surface area contributed by atoms with Gasteiger partial charge in [-0.1, -0.05) is 26.8 Å². The molecule has 14 heteroatoms. The molecule has 0 saturated carbocycles. The zero-order valence-electron chi connectivity index (χ0n) is 22.2. The molecule has 0 aliphatic carbocycles. The molecule has 218 valence electrons. The van der Waals surface area contributed by atoms with Crippen molar-refractivity contribution >= 4 is 32.7 Å². The van der Waals surface area contributed by atoms with Gasteiger partial charge in [-0.15, -0.1) is 0 Å². The molecule has 0 unspecified atom stereocenters. The molecule has 2 atom stereocenters. The van der Waals surface area contributed by atoms with E-state index in [0.717, 1.165) is 17.7 Å². The van der Waals surface area contributed by atoms with Crippen molar-refractivity contribution in [2.45, 2.75) is 51.7 Å². The van der Waals surface area contributed by atoms with Crippen LogP contribution in [0.5, 0.6) is 0 Å². The van der Waals surface area contributed by atoms with Gasteiger partial charge in [0.2, 0.25) is 16.0 Å². The van der Waals surface area contributed by atoms with Gasteiger partial charge >= 0.3 is 6.18 Å². The first kappa shape index (κ1) is 29.8. The van der Waals surface area contributed by atoms with Gasteiger partial charge in [-0.05, 0) is 36.1 Å². The number of nitrogens with one attached hydrogen (secondary N) is 3. The molecule has 1 fully saturated rings. The Morgan fingerprint density at radius 3 is 2.60 bits per heavy atom. The van der Waals surface area contributed by atoms with Gasteiger partial charge < -0.3 is 10.6 Å². The summed E-state index contributed by atoms with van der Waals surface area (Å²) in [6.07, 6.45) is -4.04. The topological polar surface area (TPSA) is 109 Å². The van der Waals surface area contributed by atoms with Crippen LogP contribution in [0.2, 0.25) is 0 Å². The quantitative estimate of drug-likeness (QED) is 0.288. The number of benzene rings is 1. The molecule has 0 spiro atoms. The Labute approximate surface area is 229 Å². The van der Waals surface area contributed by atoms with E-state index in [9.17, 15) is 30.4 Å². The van der Waals surface area contributed by atoms with Gasteiger partial charge in [-0.3, -0.25) is 9.11 Å². The van der Waals surface area contributed by atoms with Crippen LogP contribution in [0.3, 0.4) is 0 Å². The van der Waals surface area contributed by atoms with Crippen LogP contribution in [-0.2, 0) is 10.0 Å². The maximum Gasteiger partial charge on any atom is 0.390 e. The number of anilines is 2. The maximum absolute atomic E-state index is 14.8. The largest absolute Gasteiger partial charge is 0.390 e. The number of hydrogen-bond acceptors (Lipinski definition) is 7. The monoisotopic (exact) mass is 586 g/mol. The zero-order chi connectivity index (χ0) is 29.3. The van der Waals surface area contributed by atoms with Crippen molar-refractivity contribution in [2.75, 3.05) is 35.6 Å². The second-order valence-electron chi connectivity index (χ2n) is 10.8. The minimum Gasteiger partial charge on any atom is -0.350 e. The summed E-state index contributed by atoms with van der Waals surface area (Å²) in [5, 5.41) is 6.52. The van der Waals surface area contributed by atoms with Crippen LogP contribution in [0, 0.1) is 11.2 Å². The van der Waals surface area contributed by atoms with Gasteiger partial charge in [0.25, 0.3) is 0 Å². The van der Waals surface area contributed by atoms with Gasteiger partial charge in [0.15, 0.2) is 0 Å². The van der Waals surface area contributed by atoms with Crippen LogP contribution in [0.1, 0.15) is 45.1 Å². The Bertz CT molecular complexity index is 1480. The van der Waals surface area contributed by atoms with Gasteiger partial charge in [0, 0.05) is 30.1 Å². The summed E-state index contributed by atoms with van der Waals surface area (Å²) < 4.78 is 91.4. The number of alkyl halides is 4. The van der Waals surface area contributed by atoms with E-state index in [2.05, 4.69) is 25.6 Å². The number of halogens is 5. The first-order valence-electron chi connectivity index (χ1n) is 12.7. The lowest BCUT2D eigenvalue weighted by molar-refractivity contribution is -0.129. The van der Waals surface area contributed by atoms with Crippen LogP contribution in [0.25, 0.3) is 22.3 Å². The highest BCUT2D eigenvalue weighted by Crippen LogP contribution is 2.32. The molecule has 8 nitrogen and oxygen atoms in total. The third-order valence-corrected chi connectivity index (χ3v) is 7.99. The summed E-state index contributed by atoms with van der Waals surface area (Å²) >= 11 is 0. The normalized spacial score (nSPS) is 20.2. The third kappa shape index (κ3) is 7.33. The van der Waals surface area contributed by atoms with Crippen molar-refractivity contribution in [1.29, 1.82) is 0 Å². The molecule has 40 heavy (non-hydrogen) atoms. The maximum atomic E-state index is 14.8. The molecule has 3 N–H and O–H groups in total. The van der Waals surface area contributed by atoms with Crippen LogP contribution in [0.15, 0.2) is 30.5 Å². The van der Waals surface area contributed by atoms with Crippen molar-refractivity contribution in [3.8, 4) is 11.3 Å². The summed E-state index contributed by atoms with van der Waals surface area (Å²) in [4.78, 5) is 13.6. The number of pyridine rings is 1. The van der Waals surface area contributed by atoms with Crippen molar-refractivity contribution in [1.82, 2.24) is 20.3 Å². The number of piperidine rings is 1. The highest BCUT2D eigenvalue weighted by atomic mass is 32.2. The summed E-state index contributed by atoms with van der Waals surface area (Å²) in [7, 11) is -4.41. The van der Waals surface area contributed by atoms with Crippen molar-refractivity contribution in [2.24, 2.45) is 5.41 Å². The second kappa shape index (κ2) is 11.4. The van der Waals surface area contributed by atoms with E-state index in [1.807, 2.05) is 25.5 Å². The first-order valence-corrected chi connectivity index (χ1v) is 14.4. The van der Waals surface area contributed by atoms with Crippen LogP contribution in [-0.4, -0.2) is 61.1 Å². The molecule has 3 heterocycles. The Kier molecular flexibility index (Phi) is 8.50. The fourth-order valence-corrected chi connectivity index (χ4v) is 5.71. The molecule has 1 aromatic carbocycles. The molecule has 4 rings (SSSR count). The predicted molar refractivity (Wildman–Crippen MR) is 144 cm³/mol. The van der Waals surface area contributed by atoms with E-state index in [4.69, 9.17) is 0 Å². The Morgan fingerprint density at radius 1 is 1.20 bits per heavy atom. The Balaban J connectivity index is 1.59. The minimum absolute atomic E-state index is 0.00254. The molecule has 0 bridgehead atoms. The standard InChI is InChI=1S/C26H31F5N6O2S/c1-15(2)18-9-21(16-4-5-20(19(28)8-16)37-40(38,39)7-6-26(29,30)31)35-22-12-33-24(36-23(18)22)34-17-10-25(3,13-27)14-32-11-17/h4-5,8-9,12,15,17,32,37H,6-7,10-11,13-14H2,1-3H3,(H,33,34,36)/t17-,25-/m0/s1. The fraction of sp³-hybridized carbons (Fsp3) is 0.500. The average molecular weight is 587 g/mol. The number of hydrogen-bond donors (Lipinski definition) is 3. The van der Waals surface area contributed by atoms with Crippen molar-refractivity contribution < 1.29 is 30.4 Å². The van der Waals surface area contributed by atoms with Crippen LogP contribution >= 0.6 is 0 Å². The third-order valence-electron chi connectivity index (χ3n) is 6.72. The van der Waals surface area contributed by atoms with E-state index in [1.165, 1.54) is 6.07 Å². The molecule has 0 amide bonds. The van der Waals surface area contributed by atoms with Crippen LogP contribution < -0.4 is 15.4 Å². The summed E-state index contributed by atoms with van der Waals surface area (Å²) in [5.41, 5.74) is 1.66. The van der Waals surface area contributed by atoms with Crippen LogP contribution in [0.4, 0.5) is 33.6 Å². The molecule has 2 aromatic heterocycles. The molecular weight excluding hydrogens is 555 g/mol.